The maximum atomic E-state index is 12.8. The quantitative estimate of drug-likeness (QED) is 0.377. The Morgan fingerprint density at radius 1 is 1.00 bits per heavy atom. The van der Waals surface area contributed by atoms with E-state index in [0.29, 0.717) is 36.1 Å². The molecular weight excluding hydrogens is 438 g/mol. The number of anilines is 1. The van der Waals surface area contributed by atoms with E-state index >= 15 is 0 Å². The number of carbonyl (C=O) groups is 2. The number of hydrogen-bond donors (Lipinski definition) is 1. The van der Waals surface area contributed by atoms with Crippen LogP contribution in [0.5, 0.6) is 23.0 Å². The minimum Gasteiger partial charge on any atom is -0.494 e. The smallest absolute Gasteiger partial charge is 0.259 e. The highest BCUT2D eigenvalue weighted by Gasteiger charge is 2.26. The van der Waals surface area contributed by atoms with Crippen LogP contribution in [0.4, 0.5) is 11.4 Å². The fourth-order valence-corrected chi connectivity index (χ4v) is 3.00. The molecule has 0 heterocycles. The predicted octanol–water partition coefficient (Wildman–Crippen LogP) is 4.83. The topological polar surface area (TPSA) is 108 Å². The summed E-state index contributed by atoms with van der Waals surface area (Å²) >= 11 is 6.14. The first kappa shape index (κ1) is 24.9. The Balaban J connectivity index is 2.31. The first-order valence-corrected chi connectivity index (χ1v) is 10.3. The third-order valence-corrected chi connectivity index (χ3v) is 4.49. The summed E-state index contributed by atoms with van der Waals surface area (Å²) in [7, 11) is 2.84. The van der Waals surface area contributed by atoms with Crippen LogP contribution in [0.25, 0.3) is 0 Å². The number of halogens is 1. The van der Waals surface area contributed by atoms with Gasteiger partial charge in [0.05, 0.1) is 38.1 Å². The number of ketones is 1. The van der Waals surface area contributed by atoms with Gasteiger partial charge in [0, 0.05) is 6.07 Å². The first-order valence-electron chi connectivity index (χ1n) is 9.88. The van der Waals surface area contributed by atoms with E-state index in [-0.39, 0.29) is 16.5 Å². The number of carbonyl (C=O) groups excluding carboxylic acids is 2. The number of azo groups is 1. The summed E-state index contributed by atoms with van der Waals surface area (Å²) in [4.78, 5) is 25.0. The summed E-state index contributed by atoms with van der Waals surface area (Å²) in [5.41, 5.74) is 0.586. The number of rotatable bonds is 11. The van der Waals surface area contributed by atoms with Crippen molar-refractivity contribution < 1.29 is 28.5 Å². The van der Waals surface area contributed by atoms with Gasteiger partial charge in [-0.3, -0.25) is 9.59 Å². The van der Waals surface area contributed by atoms with Crippen LogP contribution in [-0.2, 0) is 9.59 Å². The number of methoxy groups -OCH3 is 2. The predicted molar refractivity (Wildman–Crippen MR) is 121 cm³/mol. The van der Waals surface area contributed by atoms with Crippen LogP contribution >= 0.6 is 11.6 Å². The van der Waals surface area contributed by atoms with Gasteiger partial charge in [-0.2, -0.15) is 10.2 Å². The lowest BCUT2D eigenvalue weighted by Gasteiger charge is -2.16. The van der Waals surface area contributed by atoms with Crippen molar-refractivity contribution in [1.82, 2.24) is 0 Å². The number of amides is 1. The standard InChI is InChI=1S/C22H26ClN3O6/c1-6-31-16-10-8-14(12-18(16)32-7-2)25-26-19(13(3)27)22(28)24-20-17(29-4)11-9-15(23)21(20)30-5/h8-12,19H,6-7H2,1-5H3,(H,24,28). The number of hydrogen-bond acceptors (Lipinski definition) is 8. The van der Waals surface area contributed by atoms with Gasteiger partial charge in [-0.15, -0.1) is 0 Å². The molecule has 0 saturated heterocycles. The second-order valence-electron chi connectivity index (χ2n) is 6.37. The van der Waals surface area contributed by atoms with E-state index in [2.05, 4.69) is 15.5 Å². The molecule has 0 radical (unpaired) electrons. The minimum atomic E-state index is -1.40. The van der Waals surface area contributed by atoms with E-state index in [9.17, 15) is 9.59 Å². The van der Waals surface area contributed by atoms with Crippen LogP contribution in [0, 0.1) is 0 Å². The van der Waals surface area contributed by atoms with Crippen molar-refractivity contribution in [1.29, 1.82) is 0 Å². The molecule has 1 N–H and O–H groups in total. The zero-order valence-corrected chi connectivity index (χ0v) is 19.4. The summed E-state index contributed by atoms with van der Waals surface area (Å²) in [5.74, 6) is 0.355. The van der Waals surface area contributed by atoms with Crippen molar-refractivity contribution >= 4 is 34.7 Å². The van der Waals surface area contributed by atoms with E-state index in [1.165, 1.54) is 21.1 Å². The maximum Gasteiger partial charge on any atom is 0.259 e. The molecule has 172 valence electrons. The molecule has 0 fully saturated rings. The molecule has 32 heavy (non-hydrogen) atoms. The zero-order valence-electron chi connectivity index (χ0n) is 18.6. The van der Waals surface area contributed by atoms with Crippen LogP contribution < -0.4 is 24.3 Å². The van der Waals surface area contributed by atoms with Crippen LogP contribution in [-0.4, -0.2) is 45.2 Å². The minimum absolute atomic E-state index is 0.189. The van der Waals surface area contributed by atoms with Gasteiger partial charge in [-0.05, 0) is 45.0 Å². The summed E-state index contributed by atoms with van der Waals surface area (Å²) in [6.07, 6.45) is 0. The molecule has 2 aromatic carbocycles. The number of Topliss-reactive ketones (excluding diaryl/α,β-unsaturated/α-hetero) is 1. The average Bonchev–Trinajstić information content (AvgIpc) is 2.76. The molecule has 0 saturated carbocycles. The normalized spacial score (nSPS) is 11.7. The van der Waals surface area contributed by atoms with Crippen LogP contribution in [0.15, 0.2) is 40.6 Å². The first-order chi connectivity index (χ1) is 15.4. The third-order valence-electron chi connectivity index (χ3n) is 4.19. The van der Waals surface area contributed by atoms with Crippen LogP contribution in [0.1, 0.15) is 20.8 Å². The van der Waals surface area contributed by atoms with Gasteiger partial charge in [-0.1, -0.05) is 11.6 Å². The lowest BCUT2D eigenvalue weighted by Crippen LogP contribution is -2.32. The van der Waals surface area contributed by atoms with E-state index in [4.69, 9.17) is 30.5 Å². The Morgan fingerprint density at radius 2 is 1.66 bits per heavy atom. The zero-order chi connectivity index (χ0) is 23.7. The van der Waals surface area contributed by atoms with Crippen molar-refractivity contribution in [3.63, 3.8) is 0 Å². The van der Waals surface area contributed by atoms with Crippen LogP contribution in [0.3, 0.4) is 0 Å². The average molecular weight is 464 g/mol. The number of benzene rings is 2. The monoisotopic (exact) mass is 463 g/mol. The van der Waals surface area contributed by atoms with Crippen molar-refractivity contribution in [3.05, 3.63) is 35.4 Å². The number of nitrogens with zero attached hydrogens (tertiary/aromatic N) is 2. The molecule has 1 atom stereocenters. The number of ether oxygens (including phenoxy) is 4. The molecule has 1 amide bonds. The summed E-state index contributed by atoms with van der Waals surface area (Å²) in [6, 6.07) is 6.70. The number of nitrogens with one attached hydrogen (secondary N) is 1. The van der Waals surface area contributed by atoms with E-state index < -0.39 is 17.7 Å². The highest BCUT2D eigenvalue weighted by Crippen LogP contribution is 2.40. The van der Waals surface area contributed by atoms with E-state index in [1.807, 2.05) is 13.8 Å². The van der Waals surface area contributed by atoms with Crippen molar-refractivity contribution in [2.75, 3.05) is 32.8 Å². The largest absolute Gasteiger partial charge is 0.494 e. The molecule has 9 nitrogen and oxygen atoms in total. The molecule has 0 aliphatic rings. The molecule has 1 unspecified atom stereocenters. The summed E-state index contributed by atoms with van der Waals surface area (Å²) in [5, 5.41) is 10.9. The van der Waals surface area contributed by atoms with Gasteiger partial charge >= 0.3 is 0 Å². The molecule has 0 spiro atoms. The Kier molecular flexibility index (Phi) is 9.27. The molecule has 2 rings (SSSR count). The van der Waals surface area contributed by atoms with Gasteiger partial charge < -0.3 is 24.3 Å². The highest BCUT2D eigenvalue weighted by molar-refractivity contribution is 6.33. The van der Waals surface area contributed by atoms with Gasteiger partial charge in [0.15, 0.2) is 23.0 Å². The molecule has 0 aromatic heterocycles. The molecule has 0 aliphatic carbocycles. The highest BCUT2D eigenvalue weighted by atomic mass is 35.5. The molecular formula is C22H26ClN3O6. The van der Waals surface area contributed by atoms with Crippen LogP contribution in [0.2, 0.25) is 5.02 Å². The maximum absolute atomic E-state index is 12.8. The van der Waals surface area contributed by atoms with Gasteiger partial charge in [0.25, 0.3) is 5.91 Å². The Bertz CT molecular complexity index is 996. The van der Waals surface area contributed by atoms with E-state index in [1.54, 1.807) is 30.3 Å². The lowest BCUT2D eigenvalue weighted by atomic mass is 10.2. The van der Waals surface area contributed by atoms with Gasteiger partial charge in [0.2, 0.25) is 6.04 Å². The second-order valence-corrected chi connectivity index (χ2v) is 6.78. The molecule has 0 aliphatic heterocycles. The second kappa shape index (κ2) is 11.9. The van der Waals surface area contributed by atoms with E-state index in [0.717, 1.165) is 0 Å². The van der Waals surface area contributed by atoms with Gasteiger partial charge in [-0.25, -0.2) is 0 Å². The molecule has 0 bridgehead atoms. The fraction of sp³-hybridized carbons (Fsp3) is 0.364. The van der Waals surface area contributed by atoms with Crippen molar-refractivity contribution in [2.24, 2.45) is 10.2 Å². The molecule has 10 heteroatoms. The van der Waals surface area contributed by atoms with Gasteiger partial charge in [0.1, 0.15) is 11.4 Å². The third kappa shape index (κ3) is 6.10. The Hall–Kier alpha value is -3.33. The lowest BCUT2D eigenvalue weighted by molar-refractivity contribution is -0.126. The Morgan fingerprint density at radius 3 is 2.25 bits per heavy atom. The summed E-state index contributed by atoms with van der Waals surface area (Å²) in [6.45, 7) is 5.87. The SMILES string of the molecule is CCOc1ccc(N=NC(C(C)=O)C(=O)Nc2c(OC)ccc(Cl)c2OC)cc1OCC. The summed E-state index contributed by atoms with van der Waals surface area (Å²) < 4.78 is 21.6. The fourth-order valence-electron chi connectivity index (χ4n) is 2.76. The molecule has 2 aromatic rings. The van der Waals surface area contributed by atoms with Crippen molar-refractivity contribution in [2.45, 2.75) is 26.8 Å². The van der Waals surface area contributed by atoms with Crippen molar-refractivity contribution in [3.8, 4) is 23.0 Å². The Labute approximate surface area is 191 Å².